The van der Waals surface area contributed by atoms with Crippen LogP contribution in [0.2, 0.25) is 0 Å². The van der Waals surface area contributed by atoms with Crippen LogP contribution in [-0.4, -0.2) is 33.6 Å². The molecule has 1 aliphatic heterocycles. The number of rotatable bonds is 4. The normalized spacial score (nSPS) is 13.9. The molecule has 1 aromatic heterocycles. The van der Waals surface area contributed by atoms with E-state index in [1.54, 1.807) is 12.1 Å². The number of nitro benzene ring substituents is 1. The van der Waals surface area contributed by atoms with Crippen LogP contribution in [0, 0.1) is 10.1 Å². The second kappa shape index (κ2) is 6.47. The van der Waals surface area contributed by atoms with Crippen LogP contribution < -0.4 is 10.3 Å². The third-order valence-electron chi connectivity index (χ3n) is 4.56. The Labute approximate surface area is 149 Å². The third-order valence-corrected chi connectivity index (χ3v) is 4.56. The zero-order valence-electron chi connectivity index (χ0n) is 14.0. The summed E-state index contributed by atoms with van der Waals surface area (Å²) in [6, 6.07) is 12.0. The minimum Gasteiger partial charge on any atom is -0.366 e. The molecule has 26 heavy (non-hydrogen) atoms. The summed E-state index contributed by atoms with van der Waals surface area (Å²) in [5.74, 6) is -0.427. The molecule has 0 aliphatic carbocycles. The number of amides is 1. The molecule has 8 heteroatoms. The van der Waals surface area contributed by atoms with Gasteiger partial charge in [-0.3, -0.25) is 20.3 Å². The van der Waals surface area contributed by atoms with Crippen LogP contribution in [0.15, 0.2) is 48.8 Å². The molecule has 0 saturated carbocycles. The maximum atomic E-state index is 12.6. The van der Waals surface area contributed by atoms with Crippen molar-refractivity contribution in [3.05, 3.63) is 64.5 Å². The number of nitro groups is 1. The number of aromatic nitrogens is 2. The fraction of sp³-hybridized carbons (Fsp3) is 0.222. The Kier molecular flexibility index (Phi) is 4.00. The monoisotopic (exact) mass is 351 g/mol. The van der Waals surface area contributed by atoms with E-state index < -0.39 is 10.8 Å². The van der Waals surface area contributed by atoms with E-state index in [9.17, 15) is 14.9 Å². The average Bonchev–Trinajstić information content (AvgIpc) is 3.32. The van der Waals surface area contributed by atoms with Crippen molar-refractivity contribution in [2.24, 2.45) is 0 Å². The van der Waals surface area contributed by atoms with E-state index in [2.05, 4.69) is 10.4 Å². The number of benzene rings is 2. The number of hydrogen-bond donors (Lipinski definition) is 1. The summed E-state index contributed by atoms with van der Waals surface area (Å²) < 4.78 is 1.51. The van der Waals surface area contributed by atoms with Crippen LogP contribution in [-0.2, 0) is 0 Å². The number of carbonyl (C=O) groups excluding carboxylic acids is 1. The van der Waals surface area contributed by atoms with Crippen molar-refractivity contribution in [2.75, 3.05) is 23.4 Å². The summed E-state index contributed by atoms with van der Waals surface area (Å²) in [5.41, 5.74) is 4.98. The summed E-state index contributed by atoms with van der Waals surface area (Å²) in [6.45, 7) is 1.60. The second-order valence-electron chi connectivity index (χ2n) is 6.20. The smallest absolute Gasteiger partial charge is 0.293 e. The molecular weight excluding hydrogens is 334 g/mol. The standard InChI is InChI=1S/C18H17N5O3/c24-18(20-22-12-19-14-5-1-2-6-15(14)22)13-7-8-16(17(11-13)23(25)26)21-9-3-4-10-21/h1-2,5-8,11-12H,3-4,9-10H2,(H,20,24). The second-order valence-corrected chi connectivity index (χ2v) is 6.20. The first-order valence-electron chi connectivity index (χ1n) is 8.40. The molecule has 1 N–H and O–H groups in total. The number of nitrogens with zero attached hydrogens (tertiary/aromatic N) is 4. The van der Waals surface area contributed by atoms with Gasteiger partial charge in [0, 0.05) is 24.7 Å². The van der Waals surface area contributed by atoms with Gasteiger partial charge in [0.25, 0.3) is 11.6 Å². The van der Waals surface area contributed by atoms with E-state index in [1.807, 2.05) is 29.2 Å². The van der Waals surface area contributed by atoms with Crippen molar-refractivity contribution < 1.29 is 9.72 Å². The topological polar surface area (TPSA) is 93.3 Å². The van der Waals surface area contributed by atoms with Crippen molar-refractivity contribution in [1.82, 2.24) is 9.66 Å². The number of hydrogen-bond acceptors (Lipinski definition) is 5. The first-order valence-corrected chi connectivity index (χ1v) is 8.40. The molecule has 0 bridgehead atoms. The van der Waals surface area contributed by atoms with E-state index in [-0.39, 0.29) is 11.3 Å². The lowest BCUT2D eigenvalue weighted by Gasteiger charge is -2.17. The highest BCUT2D eigenvalue weighted by Crippen LogP contribution is 2.31. The minimum absolute atomic E-state index is 0.0463. The Morgan fingerprint density at radius 2 is 1.92 bits per heavy atom. The molecule has 0 unspecified atom stereocenters. The van der Waals surface area contributed by atoms with Gasteiger partial charge in [-0.05, 0) is 37.1 Å². The van der Waals surface area contributed by atoms with Crippen molar-refractivity contribution in [2.45, 2.75) is 12.8 Å². The lowest BCUT2D eigenvalue weighted by atomic mass is 10.1. The van der Waals surface area contributed by atoms with Crippen LogP contribution in [0.5, 0.6) is 0 Å². The summed E-state index contributed by atoms with van der Waals surface area (Å²) in [6.07, 6.45) is 3.55. The molecule has 8 nitrogen and oxygen atoms in total. The molecule has 2 heterocycles. The first kappa shape index (κ1) is 16.1. The summed E-state index contributed by atoms with van der Waals surface area (Å²) in [5, 5.41) is 11.5. The number of carbonyl (C=O) groups is 1. The fourth-order valence-electron chi connectivity index (χ4n) is 3.26. The van der Waals surface area contributed by atoms with Gasteiger partial charge in [0.15, 0.2) is 0 Å². The lowest BCUT2D eigenvalue weighted by Crippen LogP contribution is -2.23. The highest BCUT2D eigenvalue weighted by atomic mass is 16.6. The Balaban J connectivity index is 1.63. The van der Waals surface area contributed by atoms with E-state index in [0.717, 1.165) is 37.0 Å². The molecule has 132 valence electrons. The van der Waals surface area contributed by atoms with Crippen molar-refractivity contribution >= 4 is 28.3 Å². The maximum Gasteiger partial charge on any atom is 0.293 e. The van der Waals surface area contributed by atoms with Gasteiger partial charge in [0.1, 0.15) is 12.0 Å². The molecule has 0 spiro atoms. The van der Waals surface area contributed by atoms with Gasteiger partial charge in [0.2, 0.25) is 0 Å². The summed E-state index contributed by atoms with van der Waals surface area (Å²) >= 11 is 0. The van der Waals surface area contributed by atoms with Crippen molar-refractivity contribution in [3.8, 4) is 0 Å². The molecular formula is C18H17N5O3. The molecule has 4 rings (SSSR count). The van der Waals surface area contributed by atoms with Gasteiger partial charge < -0.3 is 4.90 Å². The molecule has 1 saturated heterocycles. The van der Waals surface area contributed by atoms with Crippen molar-refractivity contribution in [3.63, 3.8) is 0 Å². The Hall–Kier alpha value is -3.42. The number of imidazole rings is 1. The molecule has 1 fully saturated rings. The van der Waals surface area contributed by atoms with E-state index >= 15 is 0 Å². The zero-order chi connectivity index (χ0) is 18.1. The highest BCUT2D eigenvalue weighted by Gasteiger charge is 2.24. The largest absolute Gasteiger partial charge is 0.366 e. The average molecular weight is 351 g/mol. The quantitative estimate of drug-likeness (QED) is 0.576. The third kappa shape index (κ3) is 2.85. The molecule has 0 radical (unpaired) electrons. The Bertz CT molecular complexity index is 991. The predicted molar refractivity (Wildman–Crippen MR) is 98.0 cm³/mol. The number of anilines is 1. The van der Waals surface area contributed by atoms with Gasteiger partial charge >= 0.3 is 0 Å². The number of nitrogens with one attached hydrogen (secondary N) is 1. The van der Waals surface area contributed by atoms with Crippen LogP contribution in [0.4, 0.5) is 11.4 Å². The molecule has 0 atom stereocenters. The van der Waals surface area contributed by atoms with E-state index in [0.29, 0.717) is 5.69 Å². The van der Waals surface area contributed by atoms with Gasteiger partial charge in [0.05, 0.1) is 16.0 Å². The van der Waals surface area contributed by atoms with Crippen LogP contribution in [0.1, 0.15) is 23.2 Å². The van der Waals surface area contributed by atoms with Crippen molar-refractivity contribution in [1.29, 1.82) is 0 Å². The van der Waals surface area contributed by atoms with E-state index in [1.165, 1.54) is 17.1 Å². The molecule has 3 aromatic rings. The van der Waals surface area contributed by atoms with Gasteiger partial charge in [-0.1, -0.05) is 12.1 Å². The van der Waals surface area contributed by atoms with Gasteiger partial charge in [-0.15, -0.1) is 0 Å². The summed E-state index contributed by atoms with van der Waals surface area (Å²) in [4.78, 5) is 29.8. The molecule has 1 aliphatic rings. The number of fused-ring (bicyclic) bond motifs is 1. The van der Waals surface area contributed by atoms with Crippen LogP contribution in [0.3, 0.4) is 0 Å². The lowest BCUT2D eigenvalue weighted by molar-refractivity contribution is -0.384. The Morgan fingerprint density at radius 3 is 2.69 bits per heavy atom. The molecule has 2 aromatic carbocycles. The Morgan fingerprint density at radius 1 is 1.15 bits per heavy atom. The van der Waals surface area contributed by atoms with Gasteiger partial charge in [-0.2, -0.15) is 0 Å². The SMILES string of the molecule is O=C(Nn1cnc2ccccc21)c1ccc(N2CCCC2)c([N+](=O)[O-])c1. The van der Waals surface area contributed by atoms with E-state index in [4.69, 9.17) is 0 Å². The fourth-order valence-corrected chi connectivity index (χ4v) is 3.26. The summed E-state index contributed by atoms with van der Waals surface area (Å²) in [7, 11) is 0. The van der Waals surface area contributed by atoms with Crippen LogP contribution >= 0.6 is 0 Å². The highest BCUT2D eigenvalue weighted by molar-refractivity contribution is 6.01. The zero-order valence-corrected chi connectivity index (χ0v) is 14.0. The molecule has 1 amide bonds. The first-order chi connectivity index (χ1) is 12.6. The van der Waals surface area contributed by atoms with Crippen LogP contribution in [0.25, 0.3) is 11.0 Å². The number of para-hydroxylation sites is 2. The van der Waals surface area contributed by atoms with Gasteiger partial charge in [-0.25, -0.2) is 9.66 Å². The predicted octanol–water partition coefficient (Wildman–Crippen LogP) is 2.93. The minimum atomic E-state index is -0.433. The maximum absolute atomic E-state index is 12.6.